The molecule has 2 heterocycles. The molecule has 0 bridgehead atoms. The van der Waals surface area contributed by atoms with Crippen molar-refractivity contribution in [1.29, 1.82) is 0 Å². The van der Waals surface area contributed by atoms with Gasteiger partial charge in [0.25, 0.3) is 5.91 Å². The fourth-order valence-electron chi connectivity index (χ4n) is 2.67. The van der Waals surface area contributed by atoms with Gasteiger partial charge in [-0.2, -0.15) is 0 Å². The number of carbonyl (C=O) groups excluding carboxylic acids is 1. The molecule has 1 aliphatic rings. The molecule has 0 radical (unpaired) electrons. The number of hydrogen-bond acceptors (Lipinski definition) is 3. The summed E-state index contributed by atoms with van der Waals surface area (Å²) >= 11 is 1.46. The van der Waals surface area contributed by atoms with Gasteiger partial charge in [0, 0.05) is 30.4 Å². The van der Waals surface area contributed by atoms with Crippen LogP contribution in [0.1, 0.15) is 22.2 Å². The lowest BCUT2D eigenvalue weighted by atomic mass is 10.1. The summed E-state index contributed by atoms with van der Waals surface area (Å²) in [6.07, 6.45) is 0. The van der Waals surface area contributed by atoms with E-state index in [0.717, 1.165) is 40.2 Å². The Morgan fingerprint density at radius 1 is 1.50 bits per heavy atom. The molecule has 0 aliphatic carbocycles. The van der Waals surface area contributed by atoms with Gasteiger partial charge < -0.3 is 10.2 Å². The van der Waals surface area contributed by atoms with E-state index in [1.165, 1.54) is 23.5 Å². The minimum absolute atomic E-state index is 0.0677. The molecule has 1 unspecified atom stereocenters. The first-order valence-electron chi connectivity index (χ1n) is 6.78. The van der Waals surface area contributed by atoms with Gasteiger partial charge in [-0.1, -0.05) is 0 Å². The van der Waals surface area contributed by atoms with Gasteiger partial charge >= 0.3 is 0 Å². The Labute approximate surface area is 121 Å². The van der Waals surface area contributed by atoms with Crippen LogP contribution in [-0.4, -0.2) is 36.5 Å². The van der Waals surface area contributed by atoms with Crippen molar-refractivity contribution in [1.82, 2.24) is 10.2 Å². The average Bonchev–Trinajstić information content (AvgIpc) is 2.76. The lowest BCUT2D eigenvalue weighted by Crippen LogP contribution is -2.52. The van der Waals surface area contributed by atoms with Crippen molar-refractivity contribution in [2.24, 2.45) is 0 Å². The third-order valence-corrected chi connectivity index (χ3v) is 5.12. The van der Waals surface area contributed by atoms with Crippen molar-refractivity contribution in [3.8, 4) is 0 Å². The summed E-state index contributed by atoms with van der Waals surface area (Å²) in [5.41, 5.74) is 0.889. The van der Waals surface area contributed by atoms with E-state index >= 15 is 0 Å². The number of rotatable bonds is 1. The van der Waals surface area contributed by atoms with E-state index in [-0.39, 0.29) is 17.8 Å². The fourth-order valence-corrected chi connectivity index (χ4v) is 3.82. The van der Waals surface area contributed by atoms with Crippen LogP contribution in [0.25, 0.3) is 10.1 Å². The predicted octanol–water partition coefficient (Wildman–Crippen LogP) is 2.78. The molecule has 0 spiro atoms. The monoisotopic (exact) mass is 292 g/mol. The smallest absolute Gasteiger partial charge is 0.264 e. The largest absolute Gasteiger partial charge is 0.333 e. The van der Waals surface area contributed by atoms with Crippen molar-refractivity contribution in [3.05, 3.63) is 34.5 Å². The van der Waals surface area contributed by atoms with Crippen LogP contribution in [0.4, 0.5) is 4.39 Å². The zero-order valence-electron chi connectivity index (χ0n) is 11.6. The molecule has 1 aromatic carbocycles. The lowest BCUT2D eigenvalue weighted by Gasteiger charge is -2.33. The quantitative estimate of drug-likeness (QED) is 0.876. The zero-order chi connectivity index (χ0) is 14.3. The lowest BCUT2D eigenvalue weighted by molar-refractivity contribution is 0.0660. The Balaban J connectivity index is 2.01. The molecule has 0 saturated carbocycles. The van der Waals surface area contributed by atoms with Gasteiger partial charge in [0.1, 0.15) is 5.82 Å². The highest BCUT2D eigenvalue weighted by atomic mass is 32.1. The molecule has 5 heteroatoms. The number of piperazine rings is 1. The Kier molecular flexibility index (Phi) is 3.48. The number of aryl methyl sites for hydroxylation is 1. The maximum atomic E-state index is 13.3. The number of thiophene rings is 1. The maximum absolute atomic E-state index is 13.3. The summed E-state index contributed by atoms with van der Waals surface area (Å²) in [6.45, 7) is 6.33. The Morgan fingerprint density at radius 2 is 2.30 bits per heavy atom. The van der Waals surface area contributed by atoms with Crippen LogP contribution in [-0.2, 0) is 0 Å². The van der Waals surface area contributed by atoms with E-state index in [1.54, 1.807) is 6.07 Å². The fraction of sp³-hybridized carbons (Fsp3) is 0.400. The van der Waals surface area contributed by atoms with Crippen LogP contribution in [0.2, 0.25) is 0 Å². The number of halogens is 1. The molecular weight excluding hydrogens is 275 g/mol. The molecule has 1 aromatic heterocycles. The molecule has 1 aliphatic heterocycles. The second-order valence-electron chi connectivity index (χ2n) is 5.25. The second kappa shape index (κ2) is 5.14. The molecule has 3 rings (SSSR count). The number of hydrogen-bond donors (Lipinski definition) is 1. The Hall–Kier alpha value is -1.46. The molecule has 106 valence electrons. The van der Waals surface area contributed by atoms with Gasteiger partial charge in [0.2, 0.25) is 0 Å². The van der Waals surface area contributed by atoms with Gasteiger partial charge in [0.15, 0.2) is 0 Å². The molecule has 1 fully saturated rings. The summed E-state index contributed by atoms with van der Waals surface area (Å²) in [6, 6.07) is 4.90. The number of benzene rings is 1. The number of amides is 1. The number of nitrogens with zero attached hydrogens (tertiary/aromatic N) is 1. The molecular formula is C15H17FN2OS. The minimum atomic E-state index is -0.257. The van der Waals surface area contributed by atoms with E-state index in [1.807, 2.05) is 18.7 Å². The van der Waals surface area contributed by atoms with E-state index in [0.29, 0.717) is 0 Å². The Bertz CT molecular complexity index is 667. The van der Waals surface area contributed by atoms with Gasteiger partial charge in [-0.25, -0.2) is 4.39 Å². The van der Waals surface area contributed by atoms with Gasteiger partial charge in [-0.05, 0) is 43.0 Å². The summed E-state index contributed by atoms with van der Waals surface area (Å²) in [5.74, 6) is -0.189. The van der Waals surface area contributed by atoms with Crippen molar-refractivity contribution >= 4 is 27.3 Å². The van der Waals surface area contributed by atoms with Gasteiger partial charge in [-0.3, -0.25) is 4.79 Å². The highest BCUT2D eigenvalue weighted by Gasteiger charge is 2.27. The molecule has 3 nitrogen and oxygen atoms in total. The third kappa shape index (κ3) is 2.21. The normalized spacial score (nSPS) is 19.6. The first-order chi connectivity index (χ1) is 9.58. The van der Waals surface area contributed by atoms with Crippen LogP contribution in [0.15, 0.2) is 18.2 Å². The minimum Gasteiger partial charge on any atom is -0.333 e. The van der Waals surface area contributed by atoms with E-state index in [2.05, 4.69) is 5.32 Å². The maximum Gasteiger partial charge on any atom is 0.264 e. The average molecular weight is 292 g/mol. The summed E-state index contributed by atoms with van der Waals surface area (Å²) in [4.78, 5) is 15.3. The standard InChI is InChI=1S/C15H17FN2OS/c1-9-8-17-5-6-18(9)15(19)14-10(2)12-7-11(16)3-4-13(12)20-14/h3-4,7,9,17H,5-6,8H2,1-2H3. The van der Waals surface area contributed by atoms with Crippen molar-refractivity contribution in [3.63, 3.8) is 0 Å². The molecule has 1 atom stereocenters. The molecule has 1 saturated heterocycles. The van der Waals surface area contributed by atoms with Gasteiger partial charge in [0.05, 0.1) is 4.88 Å². The van der Waals surface area contributed by atoms with Crippen LogP contribution < -0.4 is 5.32 Å². The van der Waals surface area contributed by atoms with Crippen LogP contribution in [0.5, 0.6) is 0 Å². The first kappa shape index (κ1) is 13.5. The summed E-state index contributed by atoms with van der Waals surface area (Å²) in [5, 5.41) is 4.13. The van der Waals surface area contributed by atoms with Crippen LogP contribution in [0, 0.1) is 12.7 Å². The molecule has 1 amide bonds. The van der Waals surface area contributed by atoms with E-state index < -0.39 is 0 Å². The number of fused-ring (bicyclic) bond motifs is 1. The SMILES string of the molecule is Cc1c(C(=O)N2CCNCC2C)sc2ccc(F)cc12. The highest BCUT2D eigenvalue weighted by molar-refractivity contribution is 7.21. The summed E-state index contributed by atoms with van der Waals surface area (Å²) < 4.78 is 14.3. The van der Waals surface area contributed by atoms with Crippen LogP contribution in [0.3, 0.4) is 0 Å². The molecule has 20 heavy (non-hydrogen) atoms. The first-order valence-corrected chi connectivity index (χ1v) is 7.60. The van der Waals surface area contributed by atoms with E-state index in [9.17, 15) is 9.18 Å². The van der Waals surface area contributed by atoms with Crippen molar-refractivity contribution in [2.45, 2.75) is 19.9 Å². The van der Waals surface area contributed by atoms with Crippen molar-refractivity contribution < 1.29 is 9.18 Å². The predicted molar refractivity (Wildman–Crippen MR) is 79.9 cm³/mol. The topological polar surface area (TPSA) is 32.3 Å². The van der Waals surface area contributed by atoms with Gasteiger partial charge in [-0.15, -0.1) is 11.3 Å². The van der Waals surface area contributed by atoms with Crippen LogP contribution >= 0.6 is 11.3 Å². The highest BCUT2D eigenvalue weighted by Crippen LogP contribution is 2.32. The molecule has 1 N–H and O–H groups in total. The zero-order valence-corrected chi connectivity index (χ0v) is 12.4. The number of carbonyl (C=O) groups is 1. The van der Waals surface area contributed by atoms with E-state index in [4.69, 9.17) is 0 Å². The molecule has 2 aromatic rings. The summed E-state index contributed by atoms with van der Waals surface area (Å²) in [7, 11) is 0. The third-order valence-electron chi connectivity index (χ3n) is 3.85. The Morgan fingerprint density at radius 3 is 3.05 bits per heavy atom. The number of nitrogens with one attached hydrogen (secondary N) is 1. The van der Waals surface area contributed by atoms with Crippen molar-refractivity contribution in [2.75, 3.05) is 19.6 Å². The second-order valence-corrected chi connectivity index (χ2v) is 6.30.